The molecule has 0 aliphatic heterocycles. The molecule has 6 nitrogen and oxygen atoms in total. The molecule has 0 fully saturated rings. The number of nitrogens with two attached hydrogens (primary N) is 1. The minimum Gasteiger partial charge on any atom is -0.396 e. The number of rotatable bonds is 10. The molecule has 2 N–H and O–H groups in total. The van der Waals surface area contributed by atoms with Crippen LogP contribution in [0.3, 0.4) is 0 Å². The van der Waals surface area contributed by atoms with E-state index in [9.17, 15) is 4.21 Å². The van der Waals surface area contributed by atoms with Gasteiger partial charge in [-0.1, -0.05) is 0 Å². The quantitative estimate of drug-likeness (QED) is 0.629. The maximum absolute atomic E-state index is 11.9. The molecule has 19 heavy (non-hydrogen) atoms. The Labute approximate surface area is 115 Å². The fraction of sp³-hybridized carbons (Fsp3) is 0.583. The zero-order valence-corrected chi connectivity index (χ0v) is 11.9. The highest BCUT2D eigenvalue weighted by molar-refractivity contribution is 7.85. The number of methoxy groups -OCH3 is 1. The van der Waals surface area contributed by atoms with Gasteiger partial charge in [0.2, 0.25) is 0 Å². The van der Waals surface area contributed by atoms with E-state index in [1.54, 1.807) is 25.4 Å². The molecule has 1 unspecified atom stereocenters. The van der Waals surface area contributed by atoms with Crippen LogP contribution < -0.4 is 5.73 Å². The molecule has 1 rings (SSSR count). The average Bonchev–Trinajstić information content (AvgIpc) is 2.42. The maximum atomic E-state index is 11.9. The first-order valence-corrected chi connectivity index (χ1v) is 7.31. The molecule has 7 heteroatoms. The Hall–Kier alpha value is -1.02. The topological polar surface area (TPSA) is 83.7 Å². The van der Waals surface area contributed by atoms with Crippen molar-refractivity contribution in [1.82, 2.24) is 4.98 Å². The fourth-order valence-electron chi connectivity index (χ4n) is 1.29. The molecule has 0 saturated carbocycles. The maximum Gasteiger partial charge on any atom is 0.150 e. The summed E-state index contributed by atoms with van der Waals surface area (Å²) in [5, 5.41) is 0.419. The van der Waals surface area contributed by atoms with Gasteiger partial charge in [-0.2, -0.15) is 0 Å². The van der Waals surface area contributed by atoms with Crippen molar-refractivity contribution in [3.05, 3.63) is 18.3 Å². The Morgan fingerprint density at radius 1 is 1.21 bits per heavy atom. The number of nitrogen functional groups attached to an aromatic ring is 1. The molecule has 1 aromatic heterocycles. The third kappa shape index (κ3) is 6.63. The van der Waals surface area contributed by atoms with Gasteiger partial charge in [0, 0.05) is 13.3 Å². The van der Waals surface area contributed by atoms with E-state index in [1.165, 1.54) is 0 Å². The zero-order chi connectivity index (χ0) is 13.9. The highest BCUT2D eigenvalue weighted by atomic mass is 32.2. The van der Waals surface area contributed by atoms with Gasteiger partial charge >= 0.3 is 0 Å². The van der Waals surface area contributed by atoms with Crippen LogP contribution >= 0.6 is 0 Å². The normalized spacial score (nSPS) is 12.5. The van der Waals surface area contributed by atoms with Crippen LogP contribution in [0.15, 0.2) is 23.4 Å². The highest BCUT2D eigenvalue weighted by Crippen LogP contribution is 2.11. The molecular weight excluding hydrogens is 268 g/mol. The van der Waals surface area contributed by atoms with E-state index < -0.39 is 10.8 Å². The van der Waals surface area contributed by atoms with Crippen LogP contribution in [-0.2, 0) is 25.0 Å². The predicted octanol–water partition coefficient (Wildman–Crippen LogP) is 0.451. The second kappa shape index (κ2) is 9.85. The molecule has 0 amide bonds. The summed E-state index contributed by atoms with van der Waals surface area (Å²) in [6, 6.07) is 3.40. The minimum absolute atomic E-state index is 0.374. The second-order valence-corrected chi connectivity index (χ2v) is 5.15. The lowest BCUT2D eigenvalue weighted by atomic mass is 10.4. The second-order valence-electron chi connectivity index (χ2n) is 3.66. The molecule has 108 valence electrons. The Balaban J connectivity index is 2.10. The summed E-state index contributed by atoms with van der Waals surface area (Å²) < 4.78 is 27.3. The van der Waals surface area contributed by atoms with Gasteiger partial charge in [-0.15, -0.1) is 0 Å². The van der Waals surface area contributed by atoms with Crippen LogP contribution in [0.1, 0.15) is 0 Å². The lowest BCUT2D eigenvalue weighted by molar-refractivity contribution is 0.0285. The van der Waals surface area contributed by atoms with Gasteiger partial charge in [-0.3, -0.25) is 4.21 Å². The van der Waals surface area contributed by atoms with Crippen LogP contribution in [0.2, 0.25) is 0 Å². The van der Waals surface area contributed by atoms with Crippen LogP contribution in [0.4, 0.5) is 5.69 Å². The van der Waals surface area contributed by atoms with Crippen molar-refractivity contribution < 1.29 is 18.4 Å². The van der Waals surface area contributed by atoms with Crippen LogP contribution in [0.25, 0.3) is 0 Å². The first kappa shape index (κ1) is 16.0. The molecule has 1 aromatic rings. The van der Waals surface area contributed by atoms with Crippen molar-refractivity contribution in [3.8, 4) is 0 Å². The van der Waals surface area contributed by atoms with Crippen molar-refractivity contribution in [2.75, 3.05) is 51.6 Å². The largest absolute Gasteiger partial charge is 0.396 e. The SMILES string of the molecule is COCCOCCOCCS(=O)c1ncccc1N. The number of pyridine rings is 1. The Morgan fingerprint density at radius 3 is 2.58 bits per heavy atom. The van der Waals surface area contributed by atoms with Crippen molar-refractivity contribution in [2.45, 2.75) is 5.03 Å². The number of hydrogen-bond donors (Lipinski definition) is 1. The smallest absolute Gasteiger partial charge is 0.150 e. The fourth-order valence-corrected chi connectivity index (χ4v) is 2.26. The van der Waals surface area contributed by atoms with Crippen LogP contribution in [0.5, 0.6) is 0 Å². The number of aromatic nitrogens is 1. The summed E-state index contributed by atoms with van der Waals surface area (Å²) >= 11 is 0. The Kier molecular flexibility index (Phi) is 8.31. The van der Waals surface area contributed by atoms with Crippen molar-refractivity contribution >= 4 is 16.5 Å². The summed E-state index contributed by atoms with van der Waals surface area (Å²) in [5.41, 5.74) is 6.14. The molecule has 1 atom stereocenters. The van der Waals surface area contributed by atoms with E-state index in [-0.39, 0.29) is 0 Å². The van der Waals surface area contributed by atoms with Gasteiger partial charge < -0.3 is 19.9 Å². The van der Waals surface area contributed by atoms with Gasteiger partial charge in [-0.05, 0) is 12.1 Å². The summed E-state index contributed by atoms with van der Waals surface area (Å²) in [7, 11) is 0.396. The molecule has 0 saturated heterocycles. The molecule has 0 radical (unpaired) electrons. The summed E-state index contributed by atoms with van der Waals surface area (Å²) in [4.78, 5) is 4.01. The van der Waals surface area contributed by atoms with Gasteiger partial charge in [0.05, 0.1) is 55.3 Å². The molecule has 0 aliphatic carbocycles. The van der Waals surface area contributed by atoms with Crippen LogP contribution in [-0.4, -0.2) is 55.1 Å². The minimum atomic E-state index is -1.23. The van der Waals surface area contributed by atoms with Crippen molar-refractivity contribution in [1.29, 1.82) is 0 Å². The third-order valence-corrected chi connectivity index (χ3v) is 3.54. The van der Waals surface area contributed by atoms with Crippen molar-refractivity contribution in [2.24, 2.45) is 0 Å². The molecule has 0 spiro atoms. The molecule has 0 bridgehead atoms. The van der Waals surface area contributed by atoms with E-state index >= 15 is 0 Å². The summed E-state index contributed by atoms with van der Waals surface area (Å²) in [6.07, 6.45) is 1.58. The van der Waals surface area contributed by atoms with Crippen molar-refractivity contribution in [3.63, 3.8) is 0 Å². The number of anilines is 1. The molecular formula is C12H20N2O4S. The zero-order valence-electron chi connectivity index (χ0n) is 11.0. The molecule has 1 heterocycles. The third-order valence-electron chi connectivity index (χ3n) is 2.23. The van der Waals surface area contributed by atoms with Gasteiger partial charge in [0.15, 0.2) is 0 Å². The predicted molar refractivity (Wildman–Crippen MR) is 73.4 cm³/mol. The van der Waals surface area contributed by atoms with Crippen LogP contribution in [0, 0.1) is 0 Å². The number of hydrogen-bond acceptors (Lipinski definition) is 6. The van der Waals surface area contributed by atoms with E-state index in [0.29, 0.717) is 49.5 Å². The average molecular weight is 288 g/mol. The van der Waals surface area contributed by atoms with Gasteiger partial charge in [0.25, 0.3) is 0 Å². The van der Waals surface area contributed by atoms with E-state index in [1.807, 2.05) is 0 Å². The molecule has 0 aromatic carbocycles. The Bertz CT molecular complexity index is 390. The number of ether oxygens (including phenoxy) is 3. The molecule has 0 aliphatic rings. The van der Waals surface area contributed by atoms with E-state index in [2.05, 4.69) is 4.98 Å². The monoisotopic (exact) mass is 288 g/mol. The number of nitrogens with zero attached hydrogens (tertiary/aromatic N) is 1. The van der Waals surface area contributed by atoms with E-state index in [0.717, 1.165) is 0 Å². The first-order chi connectivity index (χ1) is 9.25. The first-order valence-electron chi connectivity index (χ1n) is 5.99. The lowest BCUT2D eigenvalue weighted by Gasteiger charge is -2.06. The highest BCUT2D eigenvalue weighted by Gasteiger charge is 2.08. The standard InChI is InChI=1S/C12H20N2O4S/c1-16-5-6-17-7-8-18-9-10-19(15)12-11(13)3-2-4-14-12/h2-4H,5-10,13H2,1H3. The summed E-state index contributed by atoms with van der Waals surface area (Å²) in [5.74, 6) is 0.374. The van der Waals surface area contributed by atoms with E-state index in [4.69, 9.17) is 19.9 Å². The van der Waals surface area contributed by atoms with Gasteiger partial charge in [-0.25, -0.2) is 4.98 Å². The summed E-state index contributed by atoms with van der Waals surface area (Å²) in [6.45, 7) is 2.48. The van der Waals surface area contributed by atoms with Gasteiger partial charge in [0.1, 0.15) is 5.03 Å². The lowest BCUT2D eigenvalue weighted by Crippen LogP contribution is -2.13. The Morgan fingerprint density at radius 2 is 1.89 bits per heavy atom.